The fourth-order valence-corrected chi connectivity index (χ4v) is 1.20. The van der Waals surface area contributed by atoms with Gasteiger partial charge < -0.3 is 21.1 Å². The van der Waals surface area contributed by atoms with E-state index in [0.29, 0.717) is 12.0 Å². The van der Waals surface area contributed by atoms with Crippen LogP contribution in [0.15, 0.2) is 11.6 Å². The molecule has 0 radical (unpaired) electrons. The average Bonchev–Trinajstić information content (AvgIpc) is 1.99. The second-order valence-corrected chi connectivity index (χ2v) is 2.82. The van der Waals surface area contributed by atoms with E-state index in [-0.39, 0.29) is 6.61 Å². The normalized spacial score (nSPS) is 38.5. The van der Waals surface area contributed by atoms with Gasteiger partial charge in [-0.3, -0.25) is 0 Å². The maximum atomic E-state index is 9.17. The molecular weight excluding hydrogens is 146 g/mol. The highest BCUT2D eigenvalue weighted by Gasteiger charge is 2.27. The Morgan fingerprint density at radius 3 is 2.64 bits per heavy atom. The molecule has 3 unspecified atom stereocenters. The van der Waals surface area contributed by atoms with E-state index in [9.17, 15) is 0 Å². The van der Waals surface area contributed by atoms with Gasteiger partial charge in [-0.1, -0.05) is 6.08 Å². The largest absolute Gasteiger partial charge is 0.392 e. The minimum atomic E-state index is -0.898. The summed E-state index contributed by atoms with van der Waals surface area (Å²) < 4.78 is 0. The maximum absolute atomic E-state index is 9.17. The predicted octanol–water partition coefficient (Wildman–Crippen LogP) is -1.64. The van der Waals surface area contributed by atoms with Crippen LogP contribution >= 0.6 is 0 Å². The minimum Gasteiger partial charge on any atom is -0.392 e. The van der Waals surface area contributed by atoms with Crippen LogP contribution in [0.2, 0.25) is 0 Å². The van der Waals surface area contributed by atoms with Crippen LogP contribution < -0.4 is 5.73 Å². The Morgan fingerprint density at radius 1 is 1.55 bits per heavy atom. The van der Waals surface area contributed by atoms with E-state index in [1.807, 2.05) is 0 Å². The van der Waals surface area contributed by atoms with Crippen molar-refractivity contribution in [1.29, 1.82) is 0 Å². The van der Waals surface area contributed by atoms with Crippen molar-refractivity contribution in [3.05, 3.63) is 11.6 Å². The van der Waals surface area contributed by atoms with Gasteiger partial charge in [-0.25, -0.2) is 0 Å². The smallest absolute Gasteiger partial charge is 0.0988 e. The summed E-state index contributed by atoms with van der Waals surface area (Å²) in [5, 5.41) is 27.0. The first-order valence-electron chi connectivity index (χ1n) is 3.57. The summed E-state index contributed by atoms with van der Waals surface area (Å²) in [4.78, 5) is 0. The molecule has 64 valence electrons. The van der Waals surface area contributed by atoms with Crippen molar-refractivity contribution >= 4 is 0 Å². The molecule has 0 bridgehead atoms. The van der Waals surface area contributed by atoms with Crippen molar-refractivity contribution in [3.8, 4) is 0 Å². The van der Waals surface area contributed by atoms with Gasteiger partial charge in [0.1, 0.15) is 0 Å². The van der Waals surface area contributed by atoms with Gasteiger partial charge in [0.15, 0.2) is 0 Å². The molecule has 0 saturated heterocycles. The van der Waals surface area contributed by atoms with Crippen LogP contribution in [-0.2, 0) is 0 Å². The maximum Gasteiger partial charge on any atom is 0.0988 e. The lowest BCUT2D eigenvalue weighted by Gasteiger charge is -2.27. The van der Waals surface area contributed by atoms with Crippen LogP contribution in [-0.4, -0.2) is 40.2 Å². The molecule has 4 heteroatoms. The summed E-state index contributed by atoms with van der Waals surface area (Å²) in [5.41, 5.74) is 6.13. The number of rotatable bonds is 1. The molecule has 5 N–H and O–H groups in total. The summed E-state index contributed by atoms with van der Waals surface area (Å²) in [6.45, 7) is -0.0997. The minimum absolute atomic E-state index is 0.0997. The van der Waals surface area contributed by atoms with Crippen LogP contribution in [0.5, 0.6) is 0 Å². The molecule has 1 aliphatic rings. The van der Waals surface area contributed by atoms with Gasteiger partial charge >= 0.3 is 0 Å². The highest BCUT2D eigenvalue weighted by molar-refractivity contribution is 5.15. The molecule has 4 nitrogen and oxygen atoms in total. The zero-order valence-electron chi connectivity index (χ0n) is 6.14. The Morgan fingerprint density at radius 2 is 2.18 bits per heavy atom. The summed E-state index contributed by atoms with van der Waals surface area (Å²) in [6, 6.07) is -0.555. The fourth-order valence-electron chi connectivity index (χ4n) is 1.20. The first kappa shape index (κ1) is 8.67. The molecular formula is C7H13NO3. The Balaban J connectivity index is 2.68. The van der Waals surface area contributed by atoms with Crippen molar-refractivity contribution < 1.29 is 15.3 Å². The zero-order valence-corrected chi connectivity index (χ0v) is 6.14. The Kier molecular flexibility index (Phi) is 2.62. The third kappa shape index (κ3) is 1.78. The van der Waals surface area contributed by atoms with E-state index >= 15 is 0 Å². The van der Waals surface area contributed by atoms with Gasteiger partial charge in [0.25, 0.3) is 0 Å². The van der Waals surface area contributed by atoms with Crippen LogP contribution in [0.1, 0.15) is 6.42 Å². The van der Waals surface area contributed by atoms with Crippen molar-refractivity contribution in [2.75, 3.05) is 6.61 Å². The number of hydrogen-bond donors (Lipinski definition) is 4. The van der Waals surface area contributed by atoms with E-state index in [1.54, 1.807) is 6.08 Å². The van der Waals surface area contributed by atoms with Crippen molar-refractivity contribution in [2.24, 2.45) is 5.73 Å². The molecule has 1 aliphatic carbocycles. The van der Waals surface area contributed by atoms with Crippen LogP contribution in [0.25, 0.3) is 0 Å². The molecule has 1 rings (SSSR count). The zero-order chi connectivity index (χ0) is 8.43. The predicted molar refractivity (Wildman–Crippen MR) is 39.8 cm³/mol. The second kappa shape index (κ2) is 3.32. The lowest BCUT2D eigenvalue weighted by Crippen LogP contribution is -2.45. The first-order valence-corrected chi connectivity index (χ1v) is 3.57. The summed E-state index contributed by atoms with van der Waals surface area (Å²) in [5.74, 6) is 0. The third-order valence-electron chi connectivity index (χ3n) is 1.89. The summed E-state index contributed by atoms with van der Waals surface area (Å²) in [6.07, 6.45) is 0.172. The Hall–Kier alpha value is -0.420. The molecule has 11 heavy (non-hydrogen) atoms. The molecule has 0 aromatic heterocycles. The first-order chi connectivity index (χ1) is 5.15. The van der Waals surface area contributed by atoms with Crippen LogP contribution in [0.4, 0.5) is 0 Å². The van der Waals surface area contributed by atoms with Gasteiger partial charge in [0, 0.05) is 0 Å². The van der Waals surface area contributed by atoms with E-state index in [2.05, 4.69) is 0 Å². The molecule has 0 aliphatic heterocycles. The summed E-state index contributed by atoms with van der Waals surface area (Å²) in [7, 11) is 0. The molecule has 3 atom stereocenters. The van der Waals surface area contributed by atoms with E-state index in [1.165, 1.54) is 0 Å². The molecule has 0 aromatic carbocycles. The molecule has 0 amide bonds. The Labute approximate surface area is 65.0 Å². The average molecular weight is 159 g/mol. The van der Waals surface area contributed by atoms with E-state index < -0.39 is 18.2 Å². The van der Waals surface area contributed by atoms with Crippen molar-refractivity contribution in [1.82, 2.24) is 0 Å². The summed E-state index contributed by atoms with van der Waals surface area (Å²) >= 11 is 0. The number of nitrogens with two attached hydrogens (primary N) is 1. The van der Waals surface area contributed by atoms with E-state index in [4.69, 9.17) is 21.1 Å². The SMILES string of the molecule is NC1C=C(CO)CC(O)C1O. The van der Waals surface area contributed by atoms with Gasteiger partial charge in [-0.15, -0.1) is 0 Å². The molecule has 0 heterocycles. The van der Waals surface area contributed by atoms with Crippen LogP contribution in [0.3, 0.4) is 0 Å². The van der Waals surface area contributed by atoms with Crippen molar-refractivity contribution in [3.63, 3.8) is 0 Å². The van der Waals surface area contributed by atoms with Gasteiger partial charge in [-0.05, 0) is 12.0 Å². The lowest BCUT2D eigenvalue weighted by molar-refractivity contribution is 0.00546. The topological polar surface area (TPSA) is 86.7 Å². The quantitative estimate of drug-likeness (QED) is 0.345. The third-order valence-corrected chi connectivity index (χ3v) is 1.89. The monoisotopic (exact) mass is 159 g/mol. The standard InChI is InChI=1S/C7H13NO3/c8-5-1-4(3-9)2-6(10)7(5)11/h1,5-7,9-11H,2-3,8H2. The molecule has 0 saturated carbocycles. The second-order valence-electron chi connectivity index (χ2n) is 2.82. The van der Waals surface area contributed by atoms with Gasteiger partial charge in [-0.2, -0.15) is 0 Å². The van der Waals surface area contributed by atoms with E-state index in [0.717, 1.165) is 0 Å². The highest BCUT2D eigenvalue weighted by Crippen LogP contribution is 2.17. The van der Waals surface area contributed by atoms with Crippen molar-refractivity contribution in [2.45, 2.75) is 24.7 Å². The lowest BCUT2D eigenvalue weighted by atomic mass is 9.91. The number of aliphatic hydroxyl groups excluding tert-OH is 3. The van der Waals surface area contributed by atoms with Gasteiger partial charge in [0.05, 0.1) is 24.9 Å². The molecule has 0 aromatic rings. The molecule has 0 spiro atoms. The highest BCUT2D eigenvalue weighted by atomic mass is 16.3. The Bertz CT molecular complexity index is 169. The number of hydrogen-bond acceptors (Lipinski definition) is 4. The molecule has 0 fully saturated rings. The fraction of sp³-hybridized carbons (Fsp3) is 0.714. The van der Waals surface area contributed by atoms with Crippen LogP contribution in [0, 0.1) is 0 Å². The van der Waals surface area contributed by atoms with Gasteiger partial charge in [0.2, 0.25) is 0 Å². The number of aliphatic hydroxyl groups is 3.